The molecular formula is C13H14N2O6. The Bertz CT molecular complexity index is 571. The van der Waals surface area contributed by atoms with Gasteiger partial charge >= 0.3 is 5.97 Å². The summed E-state index contributed by atoms with van der Waals surface area (Å²) >= 11 is 0. The first kappa shape index (κ1) is 14.9. The van der Waals surface area contributed by atoms with Crippen molar-refractivity contribution in [2.75, 3.05) is 6.54 Å². The van der Waals surface area contributed by atoms with E-state index < -0.39 is 28.9 Å². The first-order chi connectivity index (χ1) is 9.88. The maximum atomic E-state index is 12.1. The zero-order valence-electron chi connectivity index (χ0n) is 11.0. The zero-order chi connectivity index (χ0) is 15.6. The molecule has 2 N–H and O–H groups in total. The second-order valence-corrected chi connectivity index (χ2v) is 4.89. The van der Waals surface area contributed by atoms with Gasteiger partial charge in [-0.05, 0) is 5.56 Å². The van der Waals surface area contributed by atoms with Crippen molar-refractivity contribution in [2.24, 2.45) is 0 Å². The summed E-state index contributed by atoms with van der Waals surface area (Å²) in [5, 5.41) is 29.1. The molecule has 0 radical (unpaired) electrons. The Morgan fingerprint density at radius 1 is 1.33 bits per heavy atom. The third kappa shape index (κ3) is 3.34. The molecule has 21 heavy (non-hydrogen) atoms. The minimum atomic E-state index is -1.15. The maximum Gasteiger partial charge on any atom is 0.326 e. The van der Waals surface area contributed by atoms with Crippen molar-refractivity contribution in [1.29, 1.82) is 0 Å². The van der Waals surface area contributed by atoms with Crippen molar-refractivity contribution < 1.29 is 24.7 Å². The van der Waals surface area contributed by atoms with Crippen molar-refractivity contribution in [2.45, 2.75) is 25.0 Å². The van der Waals surface area contributed by atoms with Crippen LogP contribution in [0.1, 0.15) is 12.0 Å². The van der Waals surface area contributed by atoms with Crippen LogP contribution in [0.3, 0.4) is 0 Å². The molecule has 2 rings (SSSR count). The first-order valence-corrected chi connectivity index (χ1v) is 6.32. The Morgan fingerprint density at radius 3 is 2.48 bits per heavy atom. The number of carboxylic acids is 1. The molecule has 1 amide bonds. The van der Waals surface area contributed by atoms with Crippen LogP contribution in [0, 0.1) is 10.1 Å². The SMILES string of the molecule is O=C(O)[C@@H]1C[C@H](O)CN1C(=O)Cc1ccc([N+](=O)[O-])cc1. The molecular weight excluding hydrogens is 280 g/mol. The standard InChI is InChI=1S/C13H14N2O6/c16-10-6-11(13(18)19)14(7-10)12(17)5-8-1-3-9(4-2-8)15(20)21/h1-4,10-11,16H,5-7H2,(H,18,19)/t10-,11-/m0/s1. The Hall–Kier alpha value is -2.48. The van der Waals surface area contributed by atoms with Gasteiger partial charge in [-0.1, -0.05) is 12.1 Å². The molecule has 1 fully saturated rings. The highest BCUT2D eigenvalue weighted by Crippen LogP contribution is 2.20. The zero-order valence-corrected chi connectivity index (χ0v) is 11.0. The van der Waals surface area contributed by atoms with Gasteiger partial charge in [0.2, 0.25) is 5.91 Å². The van der Waals surface area contributed by atoms with E-state index in [1.165, 1.54) is 24.3 Å². The summed E-state index contributed by atoms with van der Waals surface area (Å²) < 4.78 is 0. The predicted octanol–water partition coefficient (Wildman–Crippen LogP) is 0.184. The number of hydrogen-bond acceptors (Lipinski definition) is 5. The third-order valence-electron chi connectivity index (χ3n) is 3.39. The monoisotopic (exact) mass is 294 g/mol. The number of carbonyl (C=O) groups excluding carboxylic acids is 1. The fourth-order valence-corrected chi connectivity index (χ4v) is 2.34. The van der Waals surface area contributed by atoms with E-state index in [0.29, 0.717) is 5.56 Å². The molecule has 1 heterocycles. The number of carbonyl (C=O) groups is 2. The molecule has 2 atom stereocenters. The second-order valence-electron chi connectivity index (χ2n) is 4.89. The molecule has 1 aliphatic heterocycles. The third-order valence-corrected chi connectivity index (χ3v) is 3.39. The van der Waals surface area contributed by atoms with Gasteiger partial charge < -0.3 is 15.1 Å². The lowest BCUT2D eigenvalue weighted by molar-refractivity contribution is -0.384. The molecule has 0 saturated carbocycles. The minimum Gasteiger partial charge on any atom is -0.480 e. The van der Waals surface area contributed by atoms with Gasteiger partial charge in [-0.15, -0.1) is 0 Å². The van der Waals surface area contributed by atoms with Crippen molar-refractivity contribution >= 4 is 17.6 Å². The smallest absolute Gasteiger partial charge is 0.326 e. The summed E-state index contributed by atoms with van der Waals surface area (Å²) in [5.74, 6) is -1.57. The molecule has 8 nitrogen and oxygen atoms in total. The quantitative estimate of drug-likeness (QED) is 0.603. The number of likely N-dealkylation sites (tertiary alicyclic amines) is 1. The van der Waals surface area contributed by atoms with Crippen LogP contribution in [0.2, 0.25) is 0 Å². The van der Waals surface area contributed by atoms with Gasteiger partial charge in [0.05, 0.1) is 17.4 Å². The number of aliphatic hydroxyl groups is 1. The number of amides is 1. The van der Waals surface area contributed by atoms with Crippen LogP contribution in [0.25, 0.3) is 0 Å². The summed E-state index contributed by atoms with van der Waals surface area (Å²) in [6.07, 6.45) is -0.887. The number of hydrogen-bond donors (Lipinski definition) is 2. The van der Waals surface area contributed by atoms with Gasteiger partial charge in [0.15, 0.2) is 0 Å². The van der Waals surface area contributed by atoms with E-state index in [2.05, 4.69) is 0 Å². The molecule has 8 heteroatoms. The lowest BCUT2D eigenvalue weighted by atomic mass is 10.1. The van der Waals surface area contributed by atoms with E-state index in [-0.39, 0.29) is 25.1 Å². The van der Waals surface area contributed by atoms with E-state index in [9.17, 15) is 24.8 Å². The molecule has 1 saturated heterocycles. The number of aliphatic carboxylic acids is 1. The predicted molar refractivity (Wildman–Crippen MR) is 70.6 cm³/mol. The lowest BCUT2D eigenvalue weighted by Crippen LogP contribution is -2.41. The van der Waals surface area contributed by atoms with E-state index in [1.54, 1.807) is 0 Å². The number of β-amino-alcohol motifs (C(OH)–C–C–N with tert-alkyl or cyclic N) is 1. The Morgan fingerprint density at radius 2 is 1.95 bits per heavy atom. The number of rotatable bonds is 4. The molecule has 0 aromatic heterocycles. The Kier molecular flexibility index (Phi) is 4.18. The maximum absolute atomic E-state index is 12.1. The van der Waals surface area contributed by atoms with Crippen molar-refractivity contribution in [3.8, 4) is 0 Å². The van der Waals surface area contributed by atoms with Gasteiger partial charge in [-0.25, -0.2) is 4.79 Å². The molecule has 0 unspecified atom stereocenters. The number of carboxylic acid groups (broad SMARTS) is 1. The molecule has 112 valence electrons. The van der Waals surface area contributed by atoms with Crippen molar-refractivity contribution in [3.05, 3.63) is 39.9 Å². The van der Waals surface area contributed by atoms with Crippen LogP contribution < -0.4 is 0 Å². The molecule has 0 spiro atoms. The van der Waals surface area contributed by atoms with Crippen LogP contribution in [0.15, 0.2) is 24.3 Å². The van der Waals surface area contributed by atoms with Crippen LogP contribution in [-0.4, -0.2) is 50.6 Å². The van der Waals surface area contributed by atoms with Crippen molar-refractivity contribution in [1.82, 2.24) is 4.90 Å². The van der Waals surface area contributed by atoms with E-state index in [4.69, 9.17) is 5.11 Å². The Balaban J connectivity index is 2.06. The summed E-state index contributed by atoms with van der Waals surface area (Å²) in [7, 11) is 0. The minimum absolute atomic E-state index is 0.0111. The summed E-state index contributed by atoms with van der Waals surface area (Å²) in [5.41, 5.74) is 0.474. The fraction of sp³-hybridized carbons (Fsp3) is 0.385. The van der Waals surface area contributed by atoms with Crippen molar-refractivity contribution in [3.63, 3.8) is 0 Å². The first-order valence-electron chi connectivity index (χ1n) is 6.32. The molecule has 1 aromatic carbocycles. The average Bonchev–Trinajstić information content (AvgIpc) is 2.82. The highest BCUT2D eigenvalue weighted by atomic mass is 16.6. The number of aliphatic hydroxyl groups excluding tert-OH is 1. The van der Waals surface area contributed by atoms with E-state index in [0.717, 1.165) is 4.90 Å². The normalized spacial score (nSPS) is 21.3. The second kappa shape index (κ2) is 5.88. The highest BCUT2D eigenvalue weighted by Gasteiger charge is 2.38. The van der Waals surface area contributed by atoms with Gasteiger partial charge in [0, 0.05) is 25.1 Å². The van der Waals surface area contributed by atoms with Crippen LogP contribution in [0.5, 0.6) is 0 Å². The number of nitro benzene ring substituents is 1. The lowest BCUT2D eigenvalue weighted by Gasteiger charge is -2.21. The highest BCUT2D eigenvalue weighted by molar-refractivity contribution is 5.85. The van der Waals surface area contributed by atoms with Gasteiger partial charge in [0.1, 0.15) is 6.04 Å². The molecule has 0 aliphatic carbocycles. The van der Waals surface area contributed by atoms with Gasteiger partial charge in [0.25, 0.3) is 5.69 Å². The summed E-state index contributed by atoms with van der Waals surface area (Å²) in [6, 6.07) is 4.47. The average molecular weight is 294 g/mol. The number of nitro groups is 1. The van der Waals surface area contributed by atoms with Gasteiger partial charge in [-0.3, -0.25) is 14.9 Å². The largest absolute Gasteiger partial charge is 0.480 e. The van der Waals surface area contributed by atoms with E-state index in [1.807, 2.05) is 0 Å². The fourth-order valence-electron chi connectivity index (χ4n) is 2.34. The molecule has 1 aromatic rings. The van der Waals surface area contributed by atoms with E-state index >= 15 is 0 Å². The number of benzene rings is 1. The van der Waals surface area contributed by atoms with Crippen LogP contribution in [-0.2, 0) is 16.0 Å². The molecule has 1 aliphatic rings. The topological polar surface area (TPSA) is 121 Å². The number of nitrogens with zero attached hydrogens (tertiary/aromatic N) is 2. The van der Waals surface area contributed by atoms with Crippen LogP contribution >= 0.6 is 0 Å². The number of non-ortho nitro benzene ring substituents is 1. The Labute approximate surface area is 119 Å². The molecule has 0 bridgehead atoms. The van der Waals surface area contributed by atoms with Crippen LogP contribution in [0.4, 0.5) is 5.69 Å². The summed E-state index contributed by atoms with van der Waals surface area (Å²) in [4.78, 5) is 34.3. The summed E-state index contributed by atoms with van der Waals surface area (Å²) in [6.45, 7) is -0.0111. The van der Waals surface area contributed by atoms with Gasteiger partial charge in [-0.2, -0.15) is 0 Å².